The highest BCUT2D eigenvalue weighted by Crippen LogP contribution is 2.38. The van der Waals surface area contributed by atoms with Crippen LogP contribution in [0.5, 0.6) is 0 Å². The molecule has 0 aromatic rings. The molecule has 5 heteroatoms. The lowest BCUT2D eigenvalue weighted by Crippen LogP contribution is -2.40. The van der Waals surface area contributed by atoms with E-state index in [0.717, 1.165) is 25.7 Å². The smallest absolute Gasteiger partial charge is 0.303 e. The molecular weight excluding hydrogens is 226 g/mol. The van der Waals surface area contributed by atoms with Crippen molar-refractivity contribution in [2.45, 2.75) is 38.5 Å². The van der Waals surface area contributed by atoms with Gasteiger partial charge in [-0.1, -0.05) is 19.3 Å². The molecule has 0 radical (unpaired) electrons. The van der Waals surface area contributed by atoms with Crippen molar-refractivity contribution in [3.63, 3.8) is 0 Å². The summed E-state index contributed by atoms with van der Waals surface area (Å²) in [4.78, 5) is 22.0. The van der Waals surface area contributed by atoms with Crippen molar-refractivity contribution in [2.24, 2.45) is 5.41 Å². The second kappa shape index (κ2) is 6.13. The summed E-state index contributed by atoms with van der Waals surface area (Å²) >= 11 is 3.88. The first-order valence-corrected chi connectivity index (χ1v) is 6.31. The van der Waals surface area contributed by atoms with Crippen molar-refractivity contribution >= 4 is 24.5 Å². The van der Waals surface area contributed by atoms with Crippen LogP contribution in [0.15, 0.2) is 0 Å². The van der Waals surface area contributed by atoms with E-state index in [-0.39, 0.29) is 23.5 Å². The average Bonchev–Trinajstić information content (AvgIpc) is 2.26. The van der Waals surface area contributed by atoms with Crippen molar-refractivity contribution in [1.29, 1.82) is 0 Å². The number of hydrogen-bond acceptors (Lipinski definition) is 3. The molecule has 0 bridgehead atoms. The largest absolute Gasteiger partial charge is 0.481 e. The maximum atomic E-state index is 11.1. The Balaban J connectivity index is 2.55. The quantitative estimate of drug-likeness (QED) is 0.642. The second-order valence-corrected chi connectivity index (χ2v) is 4.88. The van der Waals surface area contributed by atoms with Crippen molar-refractivity contribution in [3.05, 3.63) is 0 Å². The Labute approximate surface area is 101 Å². The molecule has 0 saturated heterocycles. The van der Waals surface area contributed by atoms with Crippen molar-refractivity contribution in [2.75, 3.05) is 12.3 Å². The second-order valence-electron chi connectivity index (χ2n) is 4.57. The summed E-state index contributed by atoms with van der Waals surface area (Å²) < 4.78 is 0. The highest BCUT2D eigenvalue weighted by molar-refractivity contribution is 7.81. The fourth-order valence-electron chi connectivity index (χ4n) is 2.38. The van der Waals surface area contributed by atoms with Gasteiger partial charge in [-0.05, 0) is 18.3 Å². The van der Waals surface area contributed by atoms with Crippen LogP contribution < -0.4 is 5.32 Å². The van der Waals surface area contributed by atoms with Crippen LogP contribution in [0, 0.1) is 5.41 Å². The molecule has 0 aromatic heterocycles. The third-order valence-corrected chi connectivity index (χ3v) is 3.53. The molecule has 4 nitrogen and oxygen atoms in total. The molecule has 1 aliphatic rings. The number of carboxylic acids is 1. The number of thiol groups is 1. The summed E-state index contributed by atoms with van der Waals surface area (Å²) in [7, 11) is 0. The van der Waals surface area contributed by atoms with Crippen LogP contribution in [0.1, 0.15) is 38.5 Å². The lowest BCUT2D eigenvalue weighted by atomic mass is 9.71. The van der Waals surface area contributed by atoms with Crippen LogP contribution in [0.2, 0.25) is 0 Å². The molecular formula is C11H19NO3S. The third-order valence-electron chi connectivity index (χ3n) is 3.24. The fraction of sp³-hybridized carbons (Fsp3) is 0.818. The monoisotopic (exact) mass is 245 g/mol. The van der Waals surface area contributed by atoms with E-state index < -0.39 is 5.97 Å². The number of carboxylic acid groups (broad SMARTS) is 1. The lowest BCUT2D eigenvalue weighted by Gasteiger charge is -2.36. The molecule has 0 spiro atoms. The summed E-state index contributed by atoms with van der Waals surface area (Å²) in [6, 6.07) is 0. The zero-order valence-corrected chi connectivity index (χ0v) is 10.3. The molecule has 0 unspecified atom stereocenters. The Bertz CT molecular complexity index is 262. The predicted molar refractivity (Wildman–Crippen MR) is 64.6 cm³/mol. The van der Waals surface area contributed by atoms with E-state index in [9.17, 15) is 9.59 Å². The van der Waals surface area contributed by atoms with Crippen LogP contribution in [-0.2, 0) is 9.59 Å². The van der Waals surface area contributed by atoms with E-state index in [1.54, 1.807) is 0 Å². The van der Waals surface area contributed by atoms with Gasteiger partial charge in [-0.3, -0.25) is 9.59 Å². The van der Waals surface area contributed by atoms with E-state index in [0.29, 0.717) is 6.54 Å². The predicted octanol–water partition coefficient (Wildman–Crippen LogP) is 1.46. The number of carbonyl (C=O) groups is 2. The maximum Gasteiger partial charge on any atom is 0.303 e. The molecule has 0 atom stereocenters. The van der Waals surface area contributed by atoms with E-state index >= 15 is 0 Å². The van der Waals surface area contributed by atoms with Crippen molar-refractivity contribution < 1.29 is 14.7 Å². The fourth-order valence-corrected chi connectivity index (χ4v) is 2.49. The topological polar surface area (TPSA) is 66.4 Å². The summed E-state index contributed by atoms with van der Waals surface area (Å²) in [5.41, 5.74) is -0.233. The van der Waals surface area contributed by atoms with Gasteiger partial charge in [-0.2, -0.15) is 12.6 Å². The van der Waals surface area contributed by atoms with E-state index in [1.807, 2.05) is 0 Å². The summed E-state index contributed by atoms with van der Waals surface area (Å²) in [6.45, 7) is 0.471. The minimum Gasteiger partial charge on any atom is -0.481 e. The van der Waals surface area contributed by atoms with E-state index in [4.69, 9.17) is 5.11 Å². The number of nitrogens with one attached hydrogen (secondary N) is 1. The number of carbonyl (C=O) groups excluding carboxylic acids is 1. The maximum absolute atomic E-state index is 11.1. The van der Waals surface area contributed by atoms with Crippen molar-refractivity contribution in [3.8, 4) is 0 Å². The van der Waals surface area contributed by atoms with Crippen LogP contribution in [0.4, 0.5) is 0 Å². The van der Waals surface area contributed by atoms with Gasteiger partial charge in [0.2, 0.25) is 5.91 Å². The lowest BCUT2D eigenvalue weighted by molar-refractivity contribution is -0.140. The highest BCUT2D eigenvalue weighted by atomic mass is 32.1. The summed E-state index contributed by atoms with van der Waals surface area (Å²) in [5, 5.41) is 11.7. The SMILES string of the molecule is O=C(O)CC1(CNC(=O)CS)CCCCC1. The standard InChI is InChI=1S/C11H19NO3S/c13-9(7-16)12-8-11(6-10(14)15)4-2-1-3-5-11/h16H,1-8H2,(H,12,13)(H,14,15). The van der Waals surface area contributed by atoms with E-state index in [1.165, 1.54) is 6.42 Å². The number of amides is 1. The molecule has 92 valence electrons. The first-order valence-electron chi connectivity index (χ1n) is 5.67. The molecule has 1 aliphatic carbocycles. The van der Waals surface area contributed by atoms with Crippen molar-refractivity contribution in [1.82, 2.24) is 5.32 Å². The first kappa shape index (κ1) is 13.4. The molecule has 2 N–H and O–H groups in total. The molecule has 1 rings (SSSR count). The molecule has 0 heterocycles. The molecule has 0 aromatic carbocycles. The first-order chi connectivity index (χ1) is 7.58. The Kier molecular flexibility index (Phi) is 5.12. The van der Waals surface area contributed by atoms with Crippen LogP contribution in [0.25, 0.3) is 0 Å². The van der Waals surface area contributed by atoms with Gasteiger partial charge in [0.25, 0.3) is 0 Å². The van der Waals surface area contributed by atoms with Gasteiger partial charge in [-0.15, -0.1) is 0 Å². The molecule has 1 saturated carbocycles. The third kappa shape index (κ3) is 4.04. The number of aliphatic carboxylic acids is 1. The molecule has 1 fully saturated rings. The minimum absolute atomic E-state index is 0.126. The minimum atomic E-state index is -0.776. The van der Waals surface area contributed by atoms with Gasteiger partial charge in [0.15, 0.2) is 0 Å². The van der Waals surface area contributed by atoms with Gasteiger partial charge in [0, 0.05) is 6.54 Å². The normalized spacial score (nSPS) is 19.1. The zero-order valence-electron chi connectivity index (χ0n) is 9.37. The van der Waals surface area contributed by atoms with Gasteiger partial charge >= 0.3 is 5.97 Å². The summed E-state index contributed by atoms with van der Waals surface area (Å²) in [6.07, 6.45) is 5.23. The molecule has 1 amide bonds. The zero-order chi connectivity index (χ0) is 12.0. The molecule has 0 aliphatic heterocycles. The van der Waals surface area contributed by atoms with Gasteiger partial charge in [-0.25, -0.2) is 0 Å². The average molecular weight is 245 g/mol. The van der Waals surface area contributed by atoms with Crippen LogP contribution >= 0.6 is 12.6 Å². The number of rotatable bonds is 5. The number of hydrogen-bond donors (Lipinski definition) is 3. The van der Waals surface area contributed by atoms with Gasteiger partial charge in [0.1, 0.15) is 0 Å². The highest BCUT2D eigenvalue weighted by Gasteiger charge is 2.34. The Morgan fingerprint density at radius 1 is 1.25 bits per heavy atom. The Morgan fingerprint density at radius 2 is 1.88 bits per heavy atom. The Hall–Kier alpha value is -0.710. The van der Waals surface area contributed by atoms with E-state index in [2.05, 4.69) is 17.9 Å². The summed E-state index contributed by atoms with van der Waals surface area (Å²) in [5.74, 6) is -0.746. The van der Waals surface area contributed by atoms with Gasteiger partial charge in [0.05, 0.1) is 12.2 Å². The van der Waals surface area contributed by atoms with Crippen LogP contribution in [0.3, 0.4) is 0 Å². The molecule has 16 heavy (non-hydrogen) atoms. The van der Waals surface area contributed by atoms with Gasteiger partial charge < -0.3 is 10.4 Å². The van der Waals surface area contributed by atoms with Crippen LogP contribution in [-0.4, -0.2) is 29.3 Å². The Morgan fingerprint density at radius 3 is 2.38 bits per heavy atom.